The van der Waals surface area contributed by atoms with Crippen molar-refractivity contribution in [3.05, 3.63) is 129 Å². The van der Waals surface area contributed by atoms with E-state index in [0.29, 0.717) is 11.8 Å². The van der Waals surface area contributed by atoms with Crippen molar-refractivity contribution in [1.82, 2.24) is 0 Å². The second-order valence-corrected chi connectivity index (χ2v) is 13.1. The third-order valence-corrected chi connectivity index (χ3v) is 10.4. The maximum absolute atomic E-state index is 6.04. The molecule has 1 fully saturated rings. The molecular weight excluding hydrogens is 508 g/mol. The molecule has 0 saturated heterocycles. The lowest BCUT2D eigenvalue weighted by Crippen LogP contribution is -2.33. The molecule has 0 spiro atoms. The zero-order chi connectivity index (χ0) is 29.9. The minimum Gasteiger partial charge on any atom is -0.399 e. The Morgan fingerprint density at radius 3 is 1.48 bits per heavy atom. The average Bonchev–Trinajstić information content (AvgIpc) is 3.00. The normalized spacial score (nSPS) is 20.3. The molecule has 42 heavy (non-hydrogen) atoms. The van der Waals surface area contributed by atoms with E-state index in [1.165, 1.54) is 89.5 Å². The summed E-state index contributed by atoms with van der Waals surface area (Å²) < 4.78 is 0. The lowest BCUT2D eigenvalue weighted by molar-refractivity contribution is 0.251. The van der Waals surface area contributed by atoms with Gasteiger partial charge in [0.1, 0.15) is 0 Å². The van der Waals surface area contributed by atoms with Crippen molar-refractivity contribution in [3.63, 3.8) is 0 Å². The fourth-order valence-electron chi connectivity index (χ4n) is 7.61. The van der Waals surface area contributed by atoms with E-state index >= 15 is 0 Å². The fourth-order valence-corrected chi connectivity index (χ4v) is 7.61. The summed E-state index contributed by atoms with van der Waals surface area (Å²) in [6.07, 6.45) is 9.09. The monoisotopic (exact) mass is 558 g/mol. The predicted octanol–water partition coefficient (Wildman–Crippen LogP) is 10.4. The van der Waals surface area contributed by atoms with Crippen LogP contribution in [-0.4, -0.2) is 0 Å². The molecular formula is C40H50N2. The molecule has 0 bridgehead atoms. The summed E-state index contributed by atoms with van der Waals surface area (Å²) in [6, 6.07) is 31.8. The van der Waals surface area contributed by atoms with Crippen LogP contribution in [0.1, 0.15) is 122 Å². The topological polar surface area (TPSA) is 52.0 Å². The van der Waals surface area contributed by atoms with Crippen LogP contribution in [0, 0.1) is 19.8 Å². The molecule has 0 amide bonds. The maximum Gasteiger partial charge on any atom is 0.0316 e. The summed E-state index contributed by atoms with van der Waals surface area (Å²) in [5.74, 6) is 1.52. The van der Waals surface area contributed by atoms with Gasteiger partial charge in [0.2, 0.25) is 0 Å². The first-order valence-electron chi connectivity index (χ1n) is 16.1. The highest BCUT2D eigenvalue weighted by atomic mass is 14.5. The van der Waals surface area contributed by atoms with Crippen molar-refractivity contribution in [3.8, 4) is 0 Å². The first-order valence-corrected chi connectivity index (χ1v) is 16.1. The van der Waals surface area contributed by atoms with Crippen molar-refractivity contribution in [2.24, 2.45) is 5.92 Å². The zero-order valence-electron chi connectivity index (χ0n) is 26.4. The molecule has 1 aliphatic rings. The lowest BCUT2D eigenvalue weighted by atomic mass is 9.62. The minimum absolute atomic E-state index is 0.0699. The van der Waals surface area contributed by atoms with Gasteiger partial charge in [-0.15, -0.1) is 0 Å². The van der Waals surface area contributed by atoms with E-state index in [-0.39, 0.29) is 5.41 Å². The van der Waals surface area contributed by atoms with Crippen molar-refractivity contribution >= 4 is 11.4 Å². The van der Waals surface area contributed by atoms with Gasteiger partial charge in [0.05, 0.1) is 0 Å². The molecule has 0 heterocycles. The van der Waals surface area contributed by atoms with Gasteiger partial charge < -0.3 is 11.5 Å². The lowest BCUT2D eigenvalue weighted by Gasteiger charge is -2.42. The number of unbranched alkanes of at least 4 members (excludes halogenated alkanes) is 1. The third kappa shape index (κ3) is 6.14. The fraction of sp³-hybridized carbons (Fsp3) is 0.400. The van der Waals surface area contributed by atoms with E-state index in [9.17, 15) is 0 Å². The Morgan fingerprint density at radius 1 is 0.667 bits per heavy atom. The van der Waals surface area contributed by atoms with Crippen LogP contribution in [0.25, 0.3) is 0 Å². The van der Waals surface area contributed by atoms with Gasteiger partial charge >= 0.3 is 0 Å². The first-order chi connectivity index (χ1) is 20.2. The highest BCUT2D eigenvalue weighted by molar-refractivity contribution is 5.50. The summed E-state index contributed by atoms with van der Waals surface area (Å²) in [5.41, 5.74) is 24.7. The van der Waals surface area contributed by atoms with Gasteiger partial charge in [0.15, 0.2) is 0 Å². The zero-order valence-corrected chi connectivity index (χ0v) is 26.4. The first kappa shape index (κ1) is 30.0. The van der Waals surface area contributed by atoms with E-state index in [4.69, 9.17) is 11.5 Å². The summed E-state index contributed by atoms with van der Waals surface area (Å²) in [6.45, 7) is 11.3. The summed E-state index contributed by atoms with van der Waals surface area (Å²) >= 11 is 0. The third-order valence-electron chi connectivity index (χ3n) is 10.4. The van der Waals surface area contributed by atoms with E-state index in [1.807, 2.05) is 12.1 Å². The van der Waals surface area contributed by atoms with Crippen LogP contribution in [0.4, 0.5) is 11.4 Å². The number of nitrogens with two attached hydrogens (primary N) is 2. The molecule has 4 aromatic carbocycles. The van der Waals surface area contributed by atoms with Gasteiger partial charge in [0.25, 0.3) is 0 Å². The highest BCUT2D eigenvalue weighted by Crippen LogP contribution is 2.48. The van der Waals surface area contributed by atoms with Crippen LogP contribution in [0.2, 0.25) is 0 Å². The Bertz CT molecular complexity index is 1370. The van der Waals surface area contributed by atoms with Gasteiger partial charge in [-0.05, 0) is 114 Å². The second kappa shape index (κ2) is 12.8. The summed E-state index contributed by atoms with van der Waals surface area (Å²) in [5, 5.41) is 0. The SMILES string of the molecule is CCCCC1CCC(c2ccc(C(C)c3ccc(N)cc3C)cc2)(c2ccc(C(C)c3ccc(N)cc3C)cc2)CC1. The van der Waals surface area contributed by atoms with Crippen LogP contribution >= 0.6 is 0 Å². The molecule has 1 saturated carbocycles. The van der Waals surface area contributed by atoms with Crippen LogP contribution in [0.3, 0.4) is 0 Å². The van der Waals surface area contributed by atoms with Crippen molar-refractivity contribution < 1.29 is 0 Å². The average molecular weight is 559 g/mol. The van der Waals surface area contributed by atoms with Crippen LogP contribution in [0.15, 0.2) is 84.9 Å². The van der Waals surface area contributed by atoms with Gasteiger partial charge in [0, 0.05) is 28.6 Å². The van der Waals surface area contributed by atoms with Crippen molar-refractivity contribution in [2.75, 3.05) is 11.5 Å². The van der Waals surface area contributed by atoms with Crippen LogP contribution in [-0.2, 0) is 5.41 Å². The Balaban J connectivity index is 1.45. The molecule has 2 unspecified atom stereocenters. The number of rotatable bonds is 9. The maximum atomic E-state index is 6.04. The molecule has 0 radical (unpaired) electrons. The largest absolute Gasteiger partial charge is 0.399 e. The molecule has 2 nitrogen and oxygen atoms in total. The number of aryl methyl sites for hydroxylation is 2. The number of benzene rings is 4. The number of hydrogen-bond donors (Lipinski definition) is 2. The molecule has 5 rings (SSSR count). The summed E-state index contributed by atoms with van der Waals surface area (Å²) in [4.78, 5) is 0. The number of nitrogen functional groups attached to an aromatic ring is 2. The Labute approximate surface area is 254 Å². The van der Waals surface area contributed by atoms with Gasteiger partial charge in [-0.1, -0.05) is 101 Å². The van der Waals surface area contributed by atoms with Crippen LogP contribution in [0.5, 0.6) is 0 Å². The van der Waals surface area contributed by atoms with Crippen LogP contribution < -0.4 is 11.5 Å². The smallest absolute Gasteiger partial charge is 0.0316 e. The molecule has 4 N–H and O–H groups in total. The van der Waals surface area contributed by atoms with E-state index in [0.717, 1.165) is 17.3 Å². The van der Waals surface area contributed by atoms with Gasteiger partial charge in [-0.2, -0.15) is 0 Å². The second-order valence-electron chi connectivity index (χ2n) is 13.1. The van der Waals surface area contributed by atoms with Gasteiger partial charge in [-0.3, -0.25) is 0 Å². The molecule has 220 valence electrons. The molecule has 4 aromatic rings. The van der Waals surface area contributed by atoms with E-state index in [1.54, 1.807) is 0 Å². The molecule has 0 aliphatic heterocycles. The van der Waals surface area contributed by atoms with E-state index in [2.05, 4.69) is 107 Å². The Hall–Kier alpha value is -3.52. The summed E-state index contributed by atoms with van der Waals surface area (Å²) in [7, 11) is 0. The standard InChI is InChI=1S/C40H50N2/c1-6-7-8-31-21-23-40(24-22-31,34-13-9-32(10-14-34)29(4)38-19-17-36(41)25-27(38)2)35-15-11-33(12-16-35)30(5)39-20-18-37(42)26-28(39)3/h9-20,25-26,29-31H,6-8,21-24,41-42H2,1-5H3. The highest BCUT2D eigenvalue weighted by Gasteiger charge is 2.38. The number of anilines is 2. The predicted molar refractivity (Wildman–Crippen MR) is 181 cm³/mol. The minimum atomic E-state index is 0.0699. The molecule has 0 aromatic heterocycles. The number of hydrogen-bond acceptors (Lipinski definition) is 2. The quantitative estimate of drug-likeness (QED) is 0.201. The Morgan fingerprint density at radius 2 is 1.10 bits per heavy atom. The molecule has 1 aliphatic carbocycles. The van der Waals surface area contributed by atoms with Crippen molar-refractivity contribution in [2.45, 2.75) is 96.8 Å². The van der Waals surface area contributed by atoms with E-state index < -0.39 is 0 Å². The van der Waals surface area contributed by atoms with Gasteiger partial charge in [-0.25, -0.2) is 0 Å². The Kier molecular flexibility index (Phi) is 9.11. The molecule has 2 atom stereocenters. The van der Waals surface area contributed by atoms with Crippen molar-refractivity contribution in [1.29, 1.82) is 0 Å². The molecule has 2 heteroatoms.